The van der Waals surface area contributed by atoms with Gasteiger partial charge in [0.25, 0.3) is 0 Å². The minimum atomic E-state index is 0.759. The van der Waals surface area contributed by atoms with Gasteiger partial charge in [0.2, 0.25) is 0 Å². The van der Waals surface area contributed by atoms with E-state index < -0.39 is 0 Å². The Hall–Kier alpha value is -2.36. The van der Waals surface area contributed by atoms with E-state index in [9.17, 15) is 0 Å². The highest BCUT2D eigenvalue weighted by Crippen LogP contribution is 2.22. The maximum Gasteiger partial charge on any atom is 0.166 e. The fraction of sp³-hybridized carbons (Fsp3) is 0.577. The highest BCUT2D eigenvalue weighted by atomic mass is 32.2. The molecule has 190 valence electrons. The highest BCUT2D eigenvalue weighted by molar-refractivity contribution is 7.99. The van der Waals surface area contributed by atoms with Crippen LogP contribution in [-0.2, 0) is 13.1 Å². The summed E-state index contributed by atoms with van der Waals surface area (Å²) in [5.74, 6) is 3.21. The van der Waals surface area contributed by atoms with Crippen molar-refractivity contribution in [3.63, 3.8) is 0 Å². The lowest BCUT2D eigenvalue weighted by Gasteiger charge is -2.24. The Kier molecular flexibility index (Phi) is 9.62. The van der Waals surface area contributed by atoms with Crippen molar-refractivity contribution >= 4 is 28.6 Å². The maximum atomic E-state index is 4.82. The number of nitrogens with one attached hydrogen (secondary N) is 2. The van der Waals surface area contributed by atoms with Gasteiger partial charge in [-0.05, 0) is 56.6 Å². The molecule has 1 aliphatic rings. The van der Waals surface area contributed by atoms with E-state index in [0.717, 1.165) is 66.3 Å². The van der Waals surface area contributed by atoms with E-state index in [2.05, 4.69) is 68.7 Å². The largest absolute Gasteiger partial charge is 0.360 e. The van der Waals surface area contributed by atoms with Gasteiger partial charge >= 0.3 is 0 Å². The van der Waals surface area contributed by atoms with Crippen LogP contribution >= 0.6 is 11.8 Å². The number of aliphatic imine (C=N–C) groups is 1. The molecule has 0 atom stereocenters. The highest BCUT2D eigenvalue weighted by Gasteiger charge is 2.18. The number of imidazole rings is 2. The van der Waals surface area contributed by atoms with Gasteiger partial charge in [0.1, 0.15) is 11.7 Å². The zero-order valence-corrected chi connectivity index (χ0v) is 22.3. The summed E-state index contributed by atoms with van der Waals surface area (Å²) in [5, 5.41) is 1.02. The Labute approximate surface area is 213 Å². The molecule has 2 aromatic heterocycles. The molecule has 0 fully saturated rings. The Morgan fingerprint density at radius 1 is 1.06 bits per heavy atom. The summed E-state index contributed by atoms with van der Waals surface area (Å²) >= 11 is 1.83. The van der Waals surface area contributed by atoms with Gasteiger partial charge in [0.15, 0.2) is 5.16 Å². The number of hydrogen-bond donors (Lipinski definition) is 2. The zero-order chi connectivity index (χ0) is 24.5. The predicted molar refractivity (Wildman–Crippen MR) is 146 cm³/mol. The van der Waals surface area contributed by atoms with Crippen molar-refractivity contribution in [3.8, 4) is 0 Å². The summed E-state index contributed by atoms with van der Waals surface area (Å²) in [5.41, 5.74) is 3.41. The maximum absolute atomic E-state index is 4.82. The summed E-state index contributed by atoms with van der Waals surface area (Å²) in [4.78, 5) is 28.0. The van der Waals surface area contributed by atoms with Gasteiger partial charge in [0, 0.05) is 38.3 Å². The first-order chi connectivity index (χ1) is 17.1. The average molecular weight is 497 g/mol. The summed E-state index contributed by atoms with van der Waals surface area (Å²) in [6.45, 7) is 12.4. The smallest absolute Gasteiger partial charge is 0.166 e. The van der Waals surface area contributed by atoms with E-state index in [0.29, 0.717) is 0 Å². The van der Waals surface area contributed by atoms with Crippen molar-refractivity contribution in [3.05, 3.63) is 42.0 Å². The number of nitrogens with zero attached hydrogens (tertiary/aromatic N) is 6. The van der Waals surface area contributed by atoms with Crippen molar-refractivity contribution in [1.29, 1.82) is 0 Å². The molecule has 0 bridgehead atoms. The molecule has 0 aliphatic carbocycles. The van der Waals surface area contributed by atoms with Crippen LogP contribution in [0.1, 0.15) is 44.5 Å². The second-order valence-electron chi connectivity index (χ2n) is 9.34. The van der Waals surface area contributed by atoms with E-state index in [1.165, 1.54) is 44.5 Å². The number of benzene rings is 1. The van der Waals surface area contributed by atoms with Gasteiger partial charge in [0.05, 0.1) is 30.7 Å². The number of rotatable bonds is 15. The number of aromatic nitrogens is 4. The van der Waals surface area contributed by atoms with Crippen molar-refractivity contribution in [2.45, 2.75) is 51.4 Å². The molecular formula is C26H40N8S. The van der Waals surface area contributed by atoms with E-state index in [1.807, 2.05) is 24.2 Å². The summed E-state index contributed by atoms with van der Waals surface area (Å²) in [6.07, 6.45) is 7.33. The second-order valence-corrected chi connectivity index (χ2v) is 10.4. The molecule has 8 nitrogen and oxygen atoms in total. The molecule has 35 heavy (non-hydrogen) atoms. The molecule has 0 spiro atoms. The van der Waals surface area contributed by atoms with Gasteiger partial charge in [-0.1, -0.05) is 31.7 Å². The number of thioether (sulfide) groups is 1. The minimum absolute atomic E-state index is 0.759. The van der Waals surface area contributed by atoms with E-state index in [1.54, 1.807) is 0 Å². The number of hydrogen-bond acceptors (Lipinski definition) is 7. The summed E-state index contributed by atoms with van der Waals surface area (Å²) < 4.78 is 0. The normalized spacial score (nSPS) is 14.1. The van der Waals surface area contributed by atoms with Gasteiger partial charge in [-0.3, -0.25) is 9.89 Å². The third-order valence-electron chi connectivity index (χ3n) is 6.33. The van der Waals surface area contributed by atoms with Crippen LogP contribution < -0.4 is 0 Å². The molecule has 4 rings (SSSR count). The molecule has 3 heterocycles. The van der Waals surface area contributed by atoms with Crippen molar-refractivity contribution in [2.75, 3.05) is 52.1 Å². The minimum Gasteiger partial charge on any atom is -0.360 e. The number of H-pyrrole nitrogens is 2. The van der Waals surface area contributed by atoms with E-state index >= 15 is 0 Å². The molecule has 3 aromatic rings. The Morgan fingerprint density at radius 2 is 1.91 bits per heavy atom. The monoisotopic (exact) mass is 496 g/mol. The number of likely N-dealkylation sites (N-methyl/N-ethyl adjacent to an activating group) is 1. The lowest BCUT2D eigenvalue weighted by atomic mass is 10.2. The van der Waals surface area contributed by atoms with Crippen molar-refractivity contribution in [1.82, 2.24) is 34.6 Å². The zero-order valence-electron chi connectivity index (χ0n) is 21.5. The Morgan fingerprint density at radius 3 is 2.63 bits per heavy atom. The van der Waals surface area contributed by atoms with Crippen LogP contribution in [-0.4, -0.2) is 92.5 Å². The first-order valence-electron chi connectivity index (χ1n) is 12.9. The topological polar surface area (TPSA) is 79.4 Å². The summed E-state index contributed by atoms with van der Waals surface area (Å²) in [7, 11) is 2.12. The standard InChI is InChI=1S/C26H40N8S/c1-4-12-33(13-5-2)14-6-16-35-26-30-22-8-7-21(17-23(22)31-26)18-34(19-24-27-9-10-28-24)20-25-29-11-15-32(25)3/h7-10,17H,4-6,11-16,18-20H2,1-3H3,(H,27,28)(H,30,31). The molecule has 9 heteroatoms. The quantitative estimate of drug-likeness (QED) is 0.242. The lowest BCUT2D eigenvalue weighted by molar-refractivity contribution is 0.276. The SMILES string of the molecule is CCCN(CCC)CCCSc1nc2ccc(CN(CC3=NCCN3C)Cc3ncc[nH]3)cc2[nH]1. The summed E-state index contributed by atoms with van der Waals surface area (Å²) in [6, 6.07) is 6.58. The van der Waals surface area contributed by atoms with Crippen LogP contribution in [0.3, 0.4) is 0 Å². The van der Waals surface area contributed by atoms with Gasteiger partial charge in [-0.15, -0.1) is 0 Å². The fourth-order valence-electron chi connectivity index (χ4n) is 4.60. The predicted octanol–water partition coefficient (Wildman–Crippen LogP) is 4.24. The Bertz CT molecular complexity index is 1050. The van der Waals surface area contributed by atoms with Crippen LogP contribution in [0.4, 0.5) is 0 Å². The molecule has 0 radical (unpaired) electrons. The number of aromatic amines is 2. The van der Waals surface area contributed by atoms with Crippen molar-refractivity contribution < 1.29 is 0 Å². The first kappa shape index (κ1) is 25.7. The molecule has 0 amide bonds. The van der Waals surface area contributed by atoms with E-state index in [-0.39, 0.29) is 0 Å². The fourth-order valence-corrected chi connectivity index (χ4v) is 5.41. The molecule has 0 saturated heterocycles. The number of fused-ring (bicyclic) bond motifs is 1. The molecule has 2 N–H and O–H groups in total. The lowest BCUT2D eigenvalue weighted by Crippen LogP contribution is -2.36. The van der Waals surface area contributed by atoms with Crippen LogP contribution in [0, 0.1) is 0 Å². The average Bonchev–Trinajstić information content (AvgIpc) is 3.59. The van der Waals surface area contributed by atoms with Crippen LogP contribution in [0.2, 0.25) is 0 Å². The molecular weight excluding hydrogens is 456 g/mol. The van der Waals surface area contributed by atoms with Gasteiger partial charge in [-0.25, -0.2) is 9.97 Å². The Balaban J connectivity index is 1.36. The van der Waals surface area contributed by atoms with Crippen LogP contribution in [0.25, 0.3) is 11.0 Å². The molecule has 0 saturated carbocycles. The van der Waals surface area contributed by atoms with Gasteiger partial charge in [-0.2, -0.15) is 0 Å². The third-order valence-corrected chi connectivity index (χ3v) is 7.29. The third kappa shape index (κ3) is 7.56. The van der Waals surface area contributed by atoms with Crippen molar-refractivity contribution in [2.24, 2.45) is 4.99 Å². The molecule has 0 unspecified atom stereocenters. The second kappa shape index (κ2) is 13.1. The van der Waals surface area contributed by atoms with E-state index in [4.69, 9.17) is 9.98 Å². The van der Waals surface area contributed by atoms with Crippen LogP contribution in [0.5, 0.6) is 0 Å². The molecule has 1 aromatic carbocycles. The number of amidine groups is 1. The first-order valence-corrected chi connectivity index (χ1v) is 13.9. The molecule has 1 aliphatic heterocycles. The van der Waals surface area contributed by atoms with Gasteiger partial charge < -0.3 is 19.8 Å². The van der Waals surface area contributed by atoms with Crippen LogP contribution in [0.15, 0.2) is 40.7 Å².